The molecule has 0 fully saturated rings. The summed E-state index contributed by atoms with van der Waals surface area (Å²) >= 11 is 0. The number of nitrogens with one attached hydrogen (secondary N) is 2. The number of hydrogen-bond acceptors (Lipinski definition) is 4. The van der Waals surface area contributed by atoms with E-state index in [0.717, 1.165) is 45.9 Å². The van der Waals surface area contributed by atoms with Crippen LogP contribution < -0.4 is 20.1 Å². The Hall–Kier alpha value is -3.31. The smallest absolute Gasteiger partial charge is 0.246 e. The number of anilines is 1. The van der Waals surface area contributed by atoms with Gasteiger partial charge in [-0.3, -0.25) is 4.79 Å². The van der Waals surface area contributed by atoms with Gasteiger partial charge in [0.25, 0.3) is 0 Å². The van der Waals surface area contributed by atoms with Crippen molar-refractivity contribution in [1.82, 2.24) is 5.32 Å². The minimum Gasteiger partial charge on any atom is -0.486 e. The average Bonchev–Trinajstić information content (AvgIpc) is 2.79. The molecule has 2 N–H and O–H groups in total. The number of hydrogen-bond donors (Lipinski definition) is 2. The van der Waals surface area contributed by atoms with Gasteiger partial charge in [0.1, 0.15) is 19.3 Å². The van der Waals surface area contributed by atoms with Gasteiger partial charge in [0.2, 0.25) is 5.91 Å². The number of carbonyl (C=O) groups is 1. The first-order chi connectivity index (χ1) is 15.1. The normalized spacial score (nSPS) is 13.5. The summed E-state index contributed by atoms with van der Waals surface area (Å²) in [5, 5.41) is 6.54. The molecule has 31 heavy (non-hydrogen) atoms. The second-order valence-electron chi connectivity index (χ2n) is 7.83. The first-order valence-corrected chi connectivity index (χ1v) is 10.6. The van der Waals surface area contributed by atoms with Gasteiger partial charge in [-0.05, 0) is 60.7 Å². The zero-order valence-corrected chi connectivity index (χ0v) is 18.0. The highest BCUT2D eigenvalue weighted by Crippen LogP contribution is 2.31. The third kappa shape index (κ3) is 5.25. The zero-order chi connectivity index (χ0) is 21.6. The Labute approximate surface area is 183 Å². The molecular weight excluding hydrogens is 388 g/mol. The molecule has 0 bridgehead atoms. The van der Waals surface area contributed by atoms with Gasteiger partial charge in [-0.25, -0.2) is 0 Å². The van der Waals surface area contributed by atoms with Gasteiger partial charge in [0.15, 0.2) is 11.5 Å². The molecule has 1 aliphatic heterocycles. The molecule has 1 heterocycles. The summed E-state index contributed by atoms with van der Waals surface area (Å²) in [7, 11) is 0. The van der Waals surface area contributed by atoms with Crippen LogP contribution in [0.1, 0.15) is 28.3 Å². The van der Waals surface area contributed by atoms with E-state index in [1.807, 2.05) is 80.6 Å². The van der Waals surface area contributed by atoms with Crippen molar-refractivity contribution in [2.45, 2.75) is 26.3 Å². The second-order valence-corrected chi connectivity index (χ2v) is 7.83. The lowest BCUT2D eigenvalue weighted by Gasteiger charge is -2.21. The molecule has 0 aliphatic carbocycles. The van der Waals surface area contributed by atoms with E-state index in [1.54, 1.807) is 0 Å². The summed E-state index contributed by atoms with van der Waals surface area (Å²) in [5.74, 6) is 1.51. The number of rotatable bonds is 7. The molecule has 1 aliphatic rings. The highest BCUT2D eigenvalue weighted by Gasteiger charge is 2.21. The average molecular weight is 417 g/mol. The number of carbonyl (C=O) groups excluding carboxylic acids is 1. The topological polar surface area (TPSA) is 59.6 Å². The van der Waals surface area contributed by atoms with Gasteiger partial charge in [-0.2, -0.15) is 0 Å². The predicted octanol–water partition coefficient (Wildman–Crippen LogP) is 4.59. The van der Waals surface area contributed by atoms with E-state index in [-0.39, 0.29) is 5.91 Å². The van der Waals surface area contributed by atoms with Crippen LogP contribution in [-0.4, -0.2) is 25.7 Å². The van der Waals surface area contributed by atoms with Gasteiger partial charge < -0.3 is 20.1 Å². The van der Waals surface area contributed by atoms with Crippen LogP contribution in [0.25, 0.3) is 0 Å². The number of amides is 1. The first kappa shape index (κ1) is 20.9. The van der Waals surface area contributed by atoms with Gasteiger partial charge in [-0.1, -0.05) is 48.5 Å². The van der Waals surface area contributed by atoms with Crippen molar-refractivity contribution >= 4 is 11.6 Å². The Morgan fingerprint density at radius 2 is 1.71 bits per heavy atom. The summed E-state index contributed by atoms with van der Waals surface area (Å²) < 4.78 is 11.3. The molecule has 160 valence electrons. The predicted molar refractivity (Wildman–Crippen MR) is 123 cm³/mol. The number of ether oxygens (including phenoxy) is 2. The van der Waals surface area contributed by atoms with Crippen LogP contribution in [0.2, 0.25) is 0 Å². The molecule has 3 aromatic rings. The van der Waals surface area contributed by atoms with Crippen molar-refractivity contribution in [3.8, 4) is 11.5 Å². The maximum absolute atomic E-state index is 13.2. The van der Waals surface area contributed by atoms with Crippen LogP contribution >= 0.6 is 0 Å². The summed E-state index contributed by atoms with van der Waals surface area (Å²) in [5.41, 5.74) is 5.08. The molecule has 1 amide bonds. The van der Waals surface area contributed by atoms with E-state index < -0.39 is 6.04 Å². The Balaban J connectivity index is 1.45. The van der Waals surface area contributed by atoms with Crippen LogP contribution in [0.15, 0.2) is 66.7 Å². The molecule has 0 saturated carbocycles. The van der Waals surface area contributed by atoms with Crippen molar-refractivity contribution in [3.63, 3.8) is 0 Å². The molecule has 0 saturated heterocycles. The standard InChI is InChI=1S/C26H28N2O3/c1-18-8-9-19(2)22(16-18)28-26(29)25(21-6-4-3-5-7-21)27-13-12-20-10-11-23-24(17-20)31-15-14-30-23/h3-11,16-17,25,27H,12-15H2,1-2H3,(H,28,29)/t25-/m0/s1. The minimum absolute atomic E-state index is 0.0675. The molecule has 0 aromatic heterocycles. The summed E-state index contributed by atoms with van der Waals surface area (Å²) in [6.45, 7) is 5.84. The van der Waals surface area contributed by atoms with Crippen LogP contribution in [0.4, 0.5) is 5.69 Å². The maximum Gasteiger partial charge on any atom is 0.246 e. The van der Waals surface area contributed by atoms with Crippen molar-refractivity contribution in [3.05, 3.63) is 89.0 Å². The summed E-state index contributed by atoms with van der Waals surface area (Å²) in [4.78, 5) is 13.2. The quantitative estimate of drug-likeness (QED) is 0.592. The maximum atomic E-state index is 13.2. The third-order valence-electron chi connectivity index (χ3n) is 5.41. The highest BCUT2D eigenvalue weighted by atomic mass is 16.6. The largest absolute Gasteiger partial charge is 0.486 e. The Bertz CT molecular complexity index is 1050. The van der Waals surface area contributed by atoms with Crippen LogP contribution in [0.5, 0.6) is 11.5 Å². The van der Waals surface area contributed by atoms with Gasteiger partial charge >= 0.3 is 0 Å². The summed E-state index contributed by atoms with van der Waals surface area (Å²) in [6.07, 6.45) is 0.775. The second kappa shape index (κ2) is 9.67. The highest BCUT2D eigenvalue weighted by molar-refractivity contribution is 5.96. The Morgan fingerprint density at radius 1 is 0.935 bits per heavy atom. The van der Waals surface area contributed by atoms with Crippen molar-refractivity contribution in [2.24, 2.45) is 0 Å². The fourth-order valence-corrected chi connectivity index (χ4v) is 3.69. The molecular formula is C26H28N2O3. The number of benzene rings is 3. The minimum atomic E-state index is -0.446. The molecule has 5 nitrogen and oxygen atoms in total. The lowest BCUT2D eigenvalue weighted by molar-refractivity contribution is -0.118. The molecule has 1 atom stereocenters. The Kier molecular flexibility index (Phi) is 6.53. The Morgan fingerprint density at radius 3 is 2.52 bits per heavy atom. The monoisotopic (exact) mass is 416 g/mol. The fraction of sp³-hybridized carbons (Fsp3) is 0.269. The van der Waals surface area contributed by atoms with Crippen LogP contribution in [0, 0.1) is 13.8 Å². The van der Waals surface area contributed by atoms with Crippen LogP contribution in [0.3, 0.4) is 0 Å². The summed E-state index contributed by atoms with van der Waals surface area (Å²) in [6, 6.07) is 21.5. The van der Waals surface area contributed by atoms with E-state index in [1.165, 1.54) is 0 Å². The van der Waals surface area contributed by atoms with Gasteiger partial charge in [0.05, 0.1) is 0 Å². The number of aryl methyl sites for hydroxylation is 2. The molecule has 5 heteroatoms. The zero-order valence-electron chi connectivity index (χ0n) is 18.0. The van der Waals surface area contributed by atoms with E-state index in [0.29, 0.717) is 19.8 Å². The molecule has 0 spiro atoms. The third-order valence-corrected chi connectivity index (χ3v) is 5.41. The van der Waals surface area contributed by atoms with E-state index >= 15 is 0 Å². The van der Waals surface area contributed by atoms with Crippen LogP contribution in [-0.2, 0) is 11.2 Å². The van der Waals surface area contributed by atoms with Crippen molar-refractivity contribution in [1.29, 1.82) is 0 Å². The van der Waals surface area contributed by atoms with Crippen molar-refractivity contribution < 1.29 is 14.3 Å². The van der Waals surface area contributed by atoms with E-state index in [9.17, 15) is 4.79 Å². The molecule has 0 unspecified atom stereocenters. The molecule has 0 radical (unpaired) electrons. The van der Waals surface area contributed by atoms with E-state index in [4.69, 9.17) is 9.47 Å². The lowest BCUT2D eigenvalue weighted by Crippen LogP contribution is -2.34. The molecule has 4 rings (SSSR count). The lowest BCUT2D eigenvalue weighted by atomic mass is 10.0. The molecule has 3 aromatic carbocycles. The number of fused-ring (bicyclic) bond motifs is 1. The first-order valence-electron chi connectivity index (χ1n) is 10.6. The van der Waals surface area contributed by atoms with Gasteiger partial charge in [-0.15, -0.1) is 0 Å². The SMILES string of the molecule is Cc1ccc(C)c(NC(=O)[C@@H](NCCc2ccc3c(c2)OCCO3)c2ccccc2)c1. The van der Waals surface area contributed by atoms with Gasteiger partial charge in [0, 0.05) is 12.2 Å². The van der Waals surface area contributed by atoms with Crippen molar-refractivity contribution in [2.75, 3.05) is 25.1 Å². The van der Waals surface area contributed by atoms with E-state index in [2.05, 4.69) is 10.6 Å². The fourth-order valence-electron chi connectivity index (χ4n) is 3.69.